The minimum absolute atomic E-state index is 0.179. The maximum atomic E-state index is 10.8. The minimum atomic E-state index is -0.719. The van der Waals surface area contributed by atoms with Crippen LogP contribution in [0.3, 0.4) is 0 Å². The van der Waals surface area contributed by atoms with Gasteiger partial charge < -0.3 is 5.11 Å². The average Bonchev–Trinajstić information content (AvgIpc) is 2.39. The lowest BCUT2D eigenvalue weighted by Gasteiger charge is -2.37. The molecule has 1 fully saturated rings. The van der Waals surface area contributed by atoms with Gasteiger partial charge in [-0.1, -0.05) is 43.7 Å². The molecule has 18 heavy (non-hydrogen) atoms. The van der Waals surface area contributed by atoms with Crippen molar-refractivity contribution in [3.8, 4) is 0 Å². The number of aliphatic carboxylic acids is 1. The van der Waals surface area contributed by atoms with Crippen molar-refractivity contribution in [2.24, 2.45) is 5.92 Å². The van der Waals surface area contributed by atoms with Crippen LogP contribution in [0.4, 0.5) is 0 Å². The van der Waals surface area contributed by atoms with E-state index in [4.69, 9.17) is 5.11 Å². The lowest BCUT2D eigenvalue weighted by molar-refractivity contribution is -0.138. The highest BCUT2D eigenvalue weighted by atomic mass is 16.4. The highest BCUT2D eigenvalue weighted by Crippen LogP contribution is 2.34. The second kappa shape index (κ2) is 6.01. The van der Waals surface area contributed by atoms with Crippen molar-refractivity contribution in [3.63, 3.8) is 0 Å². The summed E-state index contributed by atoms with van der Waals surface area (Å²) in [5.41, 5.74) is 1.40. The molecule has 1 aliphatic rings. The smallest absolute Gasteiger partial charge is 0.317 e. The SMILES string of the molecule is CCC1CN(CC(=O)O)CCC1c1ccccc1. The van der Waals surface area contributed by atoms with Gasteiger partial charge in [0.15, 0.2) is 0 Å². The van der Waals surface area contributed by atoms with E-state index in [1.807, 2.05) is 6.07 Å². The molecule has 1 aromatic carbocycles. The molecule has 0 saturated carbocycles. The third-order valence-corrected chi connectivity index (χ3v) is 3.93. The zero-order valence-corrected chi connectivity index (χ0v) is 10.9. The van der Waals surface area contributed by atoms with Gasteiger partial charge >= 0.3 is 5.97 Å². The molecule has 0 amide bonds. The molecule has 3 heteroatoms. The van der Waals surface area contributed by atoms with Gasteiger partial charge in [-0.3, -0.25) is 9.69 Å². The fourth-order valence-electron chi connectivity index (χ4n) is 3.00. The number of nitrogens with zero attached hydrogens (tertiary/aromatic N) is 1. The van der Waals surface area contributed by atoms with E-state index < -0.39 is 5.97 Å². The zero-order valence-electron chi connectivity index (χ0n) is 10.9. The predicted octanol–water partition coefficient (Wildman–Crippen LogP) is 2.59. The van der Waals surface area contributed by atoms with Crippen molar-refractivity contribution >= 4 is 5.97 Å². The Bertz CT molecular complexity index is 391. The molecule has 3 nitrogen and oxygen atoms in total. The number of hydrogen-bond acceptors (Lipinski definition) is 2. The van der Waals surface area contributed by atoms with E-state index >= 15 is 0 Å². The van der Waals surface area contributed by atoms with Crippen LogP contribution in [0.15, 0.2) is 30.3 Å². The summed E-state index contributed by atoms with van der Waals surface area (Å²) >= 11 is 0. The van der Waals surface area contributed by atoms with E-state index in [9.17, 15) is 4.79 Å². The van der Waals surface area contributed by atoms with E-state index in [1.165, 1.54) is 5.56 Å². The van der Waals surface area contributed by atoms with Crippen LogP contribution in [0.1, 0.15) is 31.2 Å². The molecule has 0 bridgehead atoms. The van der Waals surface area contributed by atoms with Crippen LogP contribution in [0.2, 0.25) is 0 Å². The van der Waals surface area contributed by atoms with Gasteiger partial charge in [0.05, 0.1) is 6.54 Å². The van der Waals surface area contributed by atoms with Gasteiger partial charge in [0.2, 0.25) is 0 Å². The lowest BCUT2D eigenvalue weighted by atomic mass is 9.79. The molecule has 2 rings (SSSR count). The Morgan fingerprint density at radius 3 is 2.72 bits per heavy atom. The molecule has 2 atom stereocenters. The van der Waals surface area contributed by atoms with E-state index in [1.54, 1.807) is 0 Å². The first-order valence-corrected chi connectivity index (χ1v) is 6.69. The second-order valence-electron chi connectivity index (χ2n) is 5.10. The molecular formula is C15H21NO2. The van der Waals surface area contributed by atoms with Gasteiger partial charge in [-0.25, -0.2) is 0 Å². The maximum absolute atomic E-state index is 10.8. The van der Waals surface area contributed by atoms with Crippen molar-refractivity contribution in [2.75, 3.05) is 19.6 Å². The number of hydrogen-bond donors (Lipinski definition) is 1. The van der Waals surface area contributed by atoms with Crippen molar-refractivity contribution in [1.82, 2.24) is 4.90 Å². The van der Waals surface area contributed by atoms with Crippen LogP contribution in [-0.2, 0) is 4.79 Å². The van der Waals surface area contributed by atoms with Gasteiger partial charge in [0.1, 0.15) is 0 Å². The maximum Gasteiger partial charge on any atom is 0.317 e. The highest BCUT2D eigenvalue weighted by molar-refractivity contribution is 5.69. The van der Waals surface area contributed by atoms with Crippen LogP contribution in [-0.4, -0.2) is 35.6 Å². The zero-order chi connectivity index (χ0) is 13.0. The Labute approximate surface area is 108 Å². The molecule has 1 aromatic rings. The topological polar surface area (TPSA) is 40.5 Å². The Balaban J connectivity index is 2.04. The number of carboxylic acid groups (broad SMARTS) is 1. The molecule has 0 aromatic heterocycles. The first kappa shape index (κ1) is 13.1. The Morgan fingerprint density at radius 1 is 1.39 bits per heavy atom. The molecule has 2 unspecified atom stereocenters. The Morgan fingerprint density at radius 2 is 2.11 bits per heavy atom. The molecule has 1 N–H and O–H groups in total. The Hall–Kier alpha value is -1.35. The van der Waals surface area contributed by atoms with Crippen LogP contribution in [0.5, 0.6) is 0 Å². The first-order chi connectivity index (χ1) is 8.70. The Kier molecular flexibility index (Phi) is 4.37. The van der Waals surface area contributed by atoms with E-state index in [2.05, 4.69) is 36.1 Å². The number of rotatable bonds is 4. The number of carbonyl (C=O) groups is 1. The third kappa shape index (κ3) is 3.10. The number of piperidine rings is 1. The van der Waals surface area contributed by atoms with Crippen LogP contribution in [0, 0.1) is 5.92 Å². The van der Waals surface area contributed by atoms with Crippen LogP contribution >= 0.6 is 0 Å². The monoisotopic (exact) mass is 247 g/mol. The van der Waals surface area contributed by atoms with Gasteiger partial charge in [0.25, 0.3) is 0 Å². The van der Waals surface area contributed by atoms with E-state index in [0.29, 0.717) is 11.8 Å². The van der Waals surface area contributed by atoms with Crippen LogP contribution < -0.4 is 0 Å². The first-order valence-electron chi connectivity index (χ1n) is 6.69. The summed E-state index contributed by atoms with van der Waals surface area (Å²) in [6, 6.07) is 10.6. The fraction of sp³-hybridized carbons (Fsp3) is 0.533. The molecule has 0 aliphatic carbocycles. The van der Waals surface area contributed by atoms with Crippen molar-refractivity contribution in [1.29, 1.82) is 0 Å². The molecule has 98 valence electrons. The van der Waals surface area contributed by atoms with E-state index in [-0.39, 0.29) is 6.54 Å². The van der Waals surface area contributed by atoms with Crippen molar-refractivity contribution in [3.05, 3.63) is 35.9 Å². The summed E-state index contributed by atoms with van der Waals surface area (Å²) in [5, 5.41) is 8.87. The average molecular weight is 247 g/mol. The van der Waals surface area contributed by atoms with Crippen molar-refractivity contribution < 1.29 is 9.90 Å². The fourth-order valence-corrected chi connectivity index (χ4v) is 3.00. The number of benzene rings is 1. The van der Waals surface area contributed by atoms with Gasteiger partial charge in [-0.05, 0) is 30.4 Å². The summed E-state index contributed by atoms with van der Waals surface area (Å²) in [6.45, 7) is 4.17. The standard InChI is InChI=1S/C15H21NO2/c1-2-12-10-16(11-15(17)18)9-8-14(12)13-6-4-3-5-7-13/h3-7,12,14H,2,8-11H2,1H3,(H,17,18). The summed E-state index contributed by atoms with van der Waals surface area (Å²) in [7, 11) is 0. The van der Waals surface area contributed by atoms with Crippen molar-refractivity contribution in [2.45, 2.75) is 25.7 Å². The normalized spacial score (nSPS) is 24.9. The summed E-state index contributed by atoms with van der Waals surface area (Å²) in [5.74, 6) is 0.435. The molecule has 1 heterocycles. The lowest BCUT2D eigenvalue weighted by Crippen LogP contribution is -2.41. The largest absolute Gasteiger partial charge is 0.480 e. The third-order valence-electron chi connectivity index (χ3n) is 3.93. The quantitative estimate of drug-likeness (QED) is 0.889. The highest BCUT2D eigenvalue weighted by Gasteiger charge is 2.29. The number of likely N-dealkylation sites (tertiary alicyclic amines) is 1. The van der Waals surface area contributed by atoms with Gasteiger partial charge in [-0.15, -0.1) is 0 Å². The van der Waals surface area contributed by atoms with Gasteiger partial charge in [-0.2, -0.15) is 0 Å². The summed E-state index contributed by atoms with van der Waals surface area (Å²) < 4.78 is 0. The molecule has 0 radical (unpaired) electrons. The van der Waals surface area contributed by atoms with E-state index in [0.717, 1.165) is 25.9 Å². The molecule has 1 saturated heterocycles. The predicted molar refractivity (Wildman–Crippen MR) is 71.7 cm³/mol. The number of carboxylic acids is 1. The molecule has 0 spiro atoms. The molecular weight excluding hydrogens is 226 g/mol. The van der Waals surface area contributed by atoms with Gasteiger partial charge in [0, 0.05) is 6.54 Å². The summed E-state index contributed by atoms with van der Waals surface area (Å²) in [4.78, 5) is 12.8. The van der Waals surface area contributed by atoms with Crippen LogP contribution in [0.25, 0.3) is 0 Å². The summed E-state index contributed by atoms with van der Waals surface area (Å²) in [6.07, 6.45) is 2.17. The second-order valence-corrected chi connectivity index (χ2v) is 5.10. The minimum Gasteiger partial charge on any atom is -0.480 e. The molecule has 1 aliphatic heterocycles.